The molecule has 0 fully saturated rings. The fourth-order valence-corrected chi connectivity index (χ4v) is 3.56. The van der Waals surface area contributed by atoms with Crippen LogP contribution in [0, 0.1) is 0 Å². The molecule has 0 saturated carbocycles. The Labute approximate surface area is 142 Å². The van der Waals surface area contributed by atoms with Crippen LogP contribution in [0.15, 0.2) is 34.1 Å². The van der Waals surface area contributed by atoms with Crippen molar-refractivity contribution in [1.82, 2.24) is 4.90 Å². The second kappa shape index (κ2) is 7.65. The summed E-state index contributed by atoms with van der Waals surface area (Å²) < 4.78 is 11.5. The summed E-state index contributed by atoms with van der Waals surface area (Å²) in [6.45, 7) is 0.605. The molecule has 6 heteroatoms. The first-order chi connectivity index (χ1) is 10.5. The van der Waals surface area contributed by atoms with Gasteiger partial charge in [0.15, 0.2) is 0 Å². The summed E-state index contributed by atoms with van der Waals surface area (Å²) in [5, 5.41) is 2.01. The molecule has 0 saturated heterocycles. The molecule has 0 aliphatic heterocycles. The number of nitrogens with zero attached hydrogens (tertiary/aromatic N) is 1. The third-order valence-corrected chi connectivity index (χ3v) is 4.96. The van der Waals surface area contributed by atoms with Gasteiger partial charge in [-0.3, -0.25) is 4.79 Å². The molecule has 0 unspecified atom stereocenters. The van der Waals surface area contributed by atoms with Crippen LogP contribution in [0.5, 0.6) is 11.5 Å². The monoisotopic (exact) mass is 383 g/mol. The van der Waals surface area contributed by atoms with Gasteiger partial charge in [-0.1, -0.05) is 6.07 Å². The van der Waals surface area contributed by atoms with Crippen molar-refractivity contribution >= 4 is 33.2 Å². The zero-order valence-corrected chi connectivity index (χ0v) is 15.2. The van der Waals surface area contributed by atoms with Gasteiger partial charge in [-0.05, 0) is 28.1 Å². The minimum atomic E-state index is 0.0491. The molecule has 0 aliphatic rings. The highest BCUT2D eigenvalue weighted by atomic mass is 79.9. The van der Waals surface area contributed by atoms with Crippen molar-refractivity contribution < 1.29 is 14.3 Å². The topological polar surface area (TPSA) is 38.8 Å². The summed E-state index contributed by atoms with van der Waals surface area (Å²) >= 11 is 5.06. The van der Waals surface area contributed by atoms with E-state index in [9.17, 15) is 4.79 Å². The number of hydrogen-bond donors (Lipinski definition) is 0. The number of rotatable bonds is 6. The quantitative estimate of drug-likeness (QED) is 0.762. The van der Waals surface area contributed by atoms with Crippen LogP contribution in [-0.4, -0.2) is 32.1 Å². The number of carbonyl (C=O) groups excluding carboxylic acids is 1. The first-order valence-corrected chi connectivity index (χ1v) is 8.38. The number of benzene rings is 1. The molecule has 0 aliphatic carbocycles. The van der Waals surface area contributed by atoms with Crippen LogP contribution in [0.3, 0.4) is 0 Å². The Balaban J connectivity index is 2.04. The summed E-state index contributed by atoms with van der Waals surface area (Å²) in [5.41, 5.74) is 0.854. The standard InChI is InChI=1S/C16H18BrNO3S/c1-18(9-14-7-12(17)10-22-14)16(19)6-11-4-5-13(20-2)8-15(11)21-3/h4-5,7-8,10H,6,9H2,1-3H3. The highest BCUT2D eigenvalue weighted by Gasteiger charge is 2.14. The van der Waals surface area contributed by atoms with Crippen LogP contribution in [0.4, 0.5) is 0 Å². The Bertz CT molecular complexity index is 657. The number of methoxy groups -OCH3 is 2. The SMILES string of the molecule is COc1ccc(CC(=O)N(C)Cc2cc(Br)cs2)c(OC)c1. The Morgan fingerprint density at radius 1 is 1.27 bits per heavy atom. The molecule has 118 valence electrons. The van der Waals surface area contributed by atoms with E-state index in [-0.39, 0.29) is 5.91 Å². The summed E-state index contributed by atoms with van der Waals surface area (Å²) in [6.07, 6.45) is 0.302. The van der Waals surface area contributed by atoms with Crippen LogP contribution >= 0.6 is 27.3 Å². The minimum absolute atomic E-state index is 0.0491. The smallest absolute Gasteiger partial charge is 0.227 e. The van der Waals surface area contributed by atoms with Crippen molar-refractivity contribution in [3.05, 3.63) is 44.6 Å². The highest BCUT2D eigenvalue weighted by Crippen LogP contribution is 2.26. The van der Waals surface area contributed by atoms with Gasteiger partial charge in [0.1, 0.15) is 11.5 Å². The first-order valence-electron chi connectivity index (χ1n) is 6.71. The molecule has 0 bridgehead atoms. The van der Waals surface area contributed by atoms with E-state index in [1.54, 1.807) is 36.5 Å². The average Bonchev–Trinajstić information content (AvgIpc) is 2.92. The van der Waals surface area contributed by atoms with Crippen LogP contribution in [-0.2, 0) is 17.8 Å². The molecule has 1 aromatic carbocycles. The predicted molar refractivity (Wildman–Crippen MR) is 91.7 cm³/mol. The third-order valence-electron chi connectivity index (χ3n) is 3.28. The van der Waals surface area contributed by atoms with Gasteiger partial charge < -0.3 is 14.4 Å². The molecule has 1 heterocycles. The Kier molecular flexibility index (Phi) is 5.85. The van der Waals surface area contributed by atoms with E-state index in [2.05, 4.69) is 15.9 Å². The molecule has 0 N–H and O–H groups in total. The van der Waals surface area contributed by atoms with Gasteiger partial charge in [0.2, 0.25) is 5.91 Å². The van der Waals surface area contributed by atoms with E-state index in [0.29, 0.717) is 24.5 Å². The minimum Gasteiger partial charge on any atom is -0.497 e. The predicted octanol–water partition coefficient (Wildman–Crippen LogP) is 3.73. The molecule has 0 radical (unpaired) electrons. The molecule has 2 rings (SSSR count). The molecule has 4 nitrogen and oxygen atoms in total. The average molecular weight is 384 g/mol. The van der Waals surface area contributed by atoms with Gasteiger partial charge in [-0.15, -0.1) is 11.3 Å². The lowest BCUT2D eigenvalue weighted by Crippen LogP contribution is -2.27. The lowest BCUT2D eigenvalue weighted by atomic mass is 10.1. The van der Waals surface area contributed by atoms with E-state index in [1.165, 1.54) is 0 Å². The number of thiophene rings is 1. The van der Waals surface area contributed by atoms with Crippen molar-refractivity contribution in [2.24, 2.45) is 0 Å². The number of halogens is 1. The number of ether oxygens (including phenoxy) is 2. The normalized spacial score (nSPS) is 10.4. The van der Waals surface area contributed by atoms with Crippen molar-refractivity contribution in [2.45, 2.75) is 13.0 Å². The highest BCUT2D eigenvalue weighted by molar-refractivity contribution is 9.10. The van der Waals surface area contributed by atoms with Gasteiger partial charge in [0.25, 0.3) is 0 Å². The van der Waals surface area contributed by atoms with Crippen LogP contribution in [0.25, 0.3) is 0 Å². The first kappa shape index (κ1) is 16.8. The number of carbonyl (C=O) groups is 1. The second-order valence-electron chi connectivity index (χ2n) is 4.84. The number of hydrogen-bond acceptors (Lipinski definition) is 4. The summed E-state index contributed by atoms with van der Waals surface area (Å²) in [4.78, 5) is 15.2. The zero-order chi connectivity index (χ0) is 16.1. The van der Waals surface area contributed by atoms with Crippen LogP contribution < -0.4 is 9.47 Å². The van der Waals surface area contributed by atoms with Gasteiger partial charge in [0.05, 0.1) is 27.2 Å². The van der Waals surface area contributed by atoms with Crippen LogP contribution in [0.1, 0.15) is 10.4 Å². The maximum atomic E-state index is 12.4. The van der Waals surface area contributed by atoms with Crippen molar-refractivity contribution in [1.29, 1.82) is 0 Å². The maximum absolute atomic E-state index is 12.4. The molecule has 0 atom stereocenters. The molecule has 1 aromatic heterocycles. The van der Waals surface area contributed by atoms with E-state index in [4.69, 9.17) is 9.47 Å². The summed E-state index contributed by atoms with van der Waals surface area (Å²) in [6, 6.07) is 7.52. The molecule has 0 spiro atoms. The second-order valence-corrected chi connectivity index (χ2v) is 6.75. The van der Waals surface area contributed by atoms with Crippen LogP contribution in [0.2, 0.25) is 0 Å². The fourth-order valence-electron chi connectivity index (χ4n) is 2.05. The van der Waals surface area contributed by atoms with Gasteiger partial charge >= 0.3 is 0 Å². The molecular formula is C16H18BrNO3S. The van der Waals surface area contributed by atoms with Gasteiger partial charge in [0, 0.05) is 33.4 Å². The largest absolute Gasteiger partial charge is 0.497 e. The fraction of sp³-hybridized carbons (Fsp3) is 0.312. The Morgan fingerprint density at radius 2 is 2.05 bits per heavy atom. The van der Waals surface area contributed by atoms with Gasteiger partial charge in [-0.25, -0.2) is 0 Å². The van der Waals surface area contributed by atoms with E-state index >= 15 is 0 Å². The molecule has 1 amide bonds. The summed E-state index contributed by atoms with van der Waals surface area (Å²) in [5.74, 6) is 1.43. The molecule has 2 aromatic rings. The lowest BCUT2D eigenvalue weighted by molar-refractivity contribution is -0.129. The van der Waals surface area contributed by atoms with Gasteiger partial charge in [-0.2, -0.15) is 0 Å². The number of likely N-dealkylation sites (N-methyl/N-ethyl adjacent to an activating group) is 1. The van der Waals surface area contributed by atoms with E-state index in [1.807, 2.05) is 30.6 Å². The Hall–Kier alpha value is -1.53. The number of amides is 1. The zero-order valence-electron chi connectivity index (χ0n) is 12.8. The third kappa shape index (κ3) is 4.24. The maximum Gasteiger partial charge on any atom is 0.227 e. The van der Waals surface area contributed by atoms with Crippen molar-refractivity contribution in [3.8, 4) is 11.5 Å². The summed E-state index contributed by atoms with van der Waals surface area (Å²) in [7, 11) is 5.01. The lowest BCUT2D eigenvalue weighted by Gasteiger charge is -2.17. The molecular weight excluding hydrogens is 366 g/mol. The van der Waals surface area contributed by atoms with Crippen molar-refractivity contribution in [3.63, 3.8) is 0 Å². The molecule has 22 heavy (non-hydrogen) atoms. The Morgan fingerprint density at radius 3 is 2.64 bits per heavy atom. The van der Waals surface area contributed by atoms with E-state index < -0.39 is 0 Å². The van der Waals surface area contributed by atoms with E-state index in [0.717, 1.165) is 14.9 Å². The van der Waals surface area contributed by atoms with Crippen molar-refractivity contribution in [2.75, 3.05) is 21.3 Å².